The van der Waals surface area contributed by atoms with Crippen LogP contribution < -0.4 is 5.32 Å². The molecule has 1 aromatic heterocycles. The second kappa shape index (κ2) is 8.17. The van der Waals surface area contributed by atoms with E-state index in [1.165, 1.54) is 4.90 Å². The minimum Gasteiger partial charge on any atom is -0.444 e. The van der Waals surface area contributed by atoms with Crippen LogP contribution in [0.1, 0.15) is 36.8 Å². The summed E-state index contributed by atoms with van der Waals surface area (Å²) >= 11 is 6.01. The van der Waals surface area contributed by atoms with Crippen LogP contribution in [0.2, 0.25) is 5.02 Å². The zero-order valence-corrected chi connectivity index (χ0v) is 17.6. The summed E-state index contributed by atoms with van der Waals surface area (Å²) in [7, 11) is 1.66. The van der Waals surface area contributed by atoms with E-state index in [2.05, 4.69) is 10.3 Å². The normalized spacial score (nSPS) is 11.3. The van der Waals surface area contributed by atoms with Crippen LogP contribution in [-0.2, 0) is 11.3 Å². The Morgan fingerprint density at radius 2 is 1.86 bits per heavy atom. The second-order valence-corrected chi connectivity index (χ2v) is 8.30. The van der Waals surface area contributed by atoms with E-state index in [0.717, 1.165) is 16.5 Å². The maximum absolute atomic E-state index is 12.7. The number of nitrogens with zero attached hydrogens (tertiary/aromatic N) is 1. The summed E-state index contributed by atoms with van der Waals surface area (Å²) in [5, 5.41) is 4.41. The molecule has 0 spiro atoms. The van der Waals surface area contributed by atoms with Gasteiger partial charge in [-0.05, 0) is 50.6 Å². The Hall–Kier alpha value is -2.99. The Bertz CT molecular complexity index is 1050. The van der Waals surface area contributed by atoms with Crippen molar-refractivity contribution in [2.45, 2.75) is 32.9 Å². The number of para-hydroxylation sites is 1. The average Bonchev–Trinajstić information content (AvgIpc) is 3.05. The molecule has 0 atom stereocenters. The van der Waals surface area contributed by atoms with E-state index in [0.29, 0.717) is 22.9 Å². The minimum atomic E-state index is -0.572. The predicted molar refractivity (Wildman–Crippen MR) is 115 cm³/mol. The molecular formula is C22H24ClN3O3. The number of aromatic amines is 1. The zero-order valence-electron chi connectivity index (χ0n) is 16.9. The van der Waals surface area contributed by atoms with E-state index in [9.17, 15) is 9.59 Å². The summed E-state index contributed by atoms with van der Waals surface area (Å²) < 4.78 is 5.39. The fourth-order valence-electron chi connectivity index (χ4n) is 2.85. The first-order chi connectivity index (χ1) is 13.6. The van der Waals surface area contributed by atoms with Crippen LogP contribution in [0.15, 0.2) is 48.5 Å². The van der Waals surface area contributed by atoms with Crippen molar-refractivity contribution >= 4 is 40.2 Å². The van der Waals surface area contributed by atoms with Gasteiger partial charge in [0.1, 0.15) is 11.3 Å². The van der Waals surface area contributed by atoms with E-state index >= 15 is 0 Å². The number of ether oxygens (including phenoxy) is 1. The number of amides is 2. The fraction of sp³-hybridized carbons (Fsp3) is 0.273. The molecule has 0 bridgehead atoms. The molecule has 6 nitrogen and oxygen atoms in total. The van der Waals surface area contributed by atoms with Crippen molar-refractivity contribution in [2.24, 2.45) is 0 Å². The summed E-state index contributed by atoms with van der Waals surface area (Å²) in [4.78, 5) is 29.5. The first kappa shape index (κ1) is 20.7. The van der Waals surface area contributed by atoms with Gasteiger partial charge in [-0.1, -0.05) is 35.9 Å². The molecule has 2 aromatic carbocycles. The molecule has 2 amide bonds. The number of carbonyl (C=O) groups excluding carboxylic acids is 2. The molecular weight excluding hydrogens is 390 g/mol. The maximum Gasteiger partial charge on any atom is 0.410 e. The zero-order chi connectivity index (χ0) is 21.2. The lowest BCUT2D eigenvalue weighted by molar-refractivity contribution is 0.0285. The number of benzene rings is 2. The molecule has 0 radical (unpaired) electrons. The standard InChI is InChI=1S/C22H24ClN3O3/c1-22(2,3)29-21(28)26(4)13-15-7-5-6-8-17(15)25-20(27)19-11-14-9-10-16(23)12-18(14)24-19/h5-12,24H,13H2,1-4H3,(H,25,27). The van der Waals surface area contributed by atoms with Crippen molar-refractivity contribution in [2.75, 3.05) is 12.4 Å². The number of hydrogen-bond acceptors (Lipinski definition) is 3. The van der Waals surface area contributed by atoms with E-state index < -0.39 is 11.7 Å². The van der Waals surface area contributed by atoms with E-state index in [4.69, 9.17) is 16.3 Å². The molecule has 0 aliphatic heterocycles. The molecule has 0 aliphatic carbocycles. The molecule has 0 saturated heterocycles. The molecule has 3 rings (SSSR count). The van der Waals surface area contributed by atoms with Crippen molar-refractivity contribution in [1.82, 2.24) is 9.88 Å². The van der Waals surface area contributed by atoms with Crippen molar-refractivity contribution in [3.05, 3.63) is 64.8 Å². The van der Waals surface area contributed by atoms with Crippen LogP contribution in [0.3, 0.4) is 0 Å². The third-order valence-corrected chi connectivity index (χ3v) is 4.44. The number of fused-ring (bicyclic) bond motifs is 1. The van der Waals surface area contributed by atoms with Crippen LogP contribution in [0, 0.1) is 0 Å². The SMILES string of the molecule is CN(Cc1ccccc1NC(=O)c1cc2ccc(Cl)cc2[nH]1)C(=O)OC(C)(C)C. The number of anilines is 1. The van der Waals surface area contributed by atoms with Gasteiger partial charge in [-0.15, -0.1) is 0 Å². The summed E-state index contributed by atoms with van der Waals surface area (Å²) in [5.41, 5.74) is 2.08. The molecule has 152 valence electrons. The smallest absolute Gasteiger partial charge is 0.410 e. The van der Waals surface area contributed by atoms with Gasteiger partial charge in [-0.2, -0.15) is 0 Å². The lowest BCUT2D eigenvalue weighted by Gasteiger charge is -2.25. The van der Waals surface area contributed by atoms with Crippen molar-refractivity contribution in [3.63, 3.8) is 0 Å². The van der Waals surface area contributed by atoms with E-state index in [1.54, 1.807) is 31.3 Å². The second-order valence-electron chi connectivity index (χ2n) is 7.86. The predicted octanol–water partition coefficient (Wildman–Crippen LogP) is 5.44. The molecule has 0 aliphatic rings. The van der Waals surface area contributed by atoms with Crippen LogP contribution in [-0.4, -0.2) is 34.5 Å². The highest BCUT2D eigenvalue weighted by Gasteiger charge is 2.20. The Labute approximate surface area is 174 Å². The van der Waals surface area contributed by atoms with Crippen LogP contribution in [0.25, 0.3) is 10.9 Å². The number of hydrogen-bond donors (Lipinski definition) is 2. The number of rotatable bonds is 4. The molecule has 0 unspecified atom stereocenters. The van der Waals surface area contributed by atoms with Crippen LogP contribution in [0.4, 0.5) is 10.5 Å². The summed E-state index contributed by atoms with van der Waals surface area (Å²) in [5.74, 6) is -0.273. The first-order valence-electron chi connectivity index (χ1n) is 9.24. The van der Waals surface area contributed by atoms with Gasteiger partial charge in [0, 0.05) is 28.7 Å². The number of H-pyrrole nitrogens is 1. The highest BCUT2D eigenvalue weighted by Crippen LogP contribution is 2.22. The highest BCUT2D eigenvalue weighted by atomic mass is 35.5. The van der Waals surface area contributed by atoms with Gasteiger partial charge in [-0.3, -0.25) is 4.79 Å². The third kappa shape index (κ3) is 5.29. The van der Waals surface area contributed by atoms with Crippen LogP contribution >= 0.6 is 11.6 Å². The molecule has 0 fully saturated rings. The van der Waals surface area contributed by atoms with Crippen molar-refractivity contribution in [1.29, 1.82) is 0 Å². The molecule has 7 heteroatoms. The largest absolute Gasteiger partial charge is 0.444 e. The number of halogens is 1. The van der Waals surface area contributed by atoms with Gasteiger partial charge in [0.2, 0.25) is 0 Å². The monoisotopic (exact) mass is 413 g/mol. The number of nitrogens with one attached hydrogen (secondary N) is 2. The van der Waals surface area contributed by atoms with E-state index in [1.807, 2.05) is 45.0 Å². The number of aromatic nitrogens is 1. The van der Waals surface area contributed by atoms with Gasteiger partial charge in [0.25, 0.3) is 5.91 Å². The topological polar surface area (TPSA) is 74.4 Å². The van der Waals surface area contributed by atoms with Crippen LogP contribution in [0.5, 0.6) is 0 Å². The third-order valence-electron chi connectivity index (χ3n) is 4.21. The first-order valence-corrected chi connectivity index (χ1v) is 9.62. The average molecular weight is 414 g/mol. The highest BCUT2D eigenvalue weighted by molar-refractivity contribution is 6.31. The van der Waals surface area contributed by atoms with E-state index in [-0.39, 0.29) is 5.91 Å². The molecule has 1 heterocycles. The van der Waals surface area contributed by atoms with Gasteiger partial charge in [0.15, 0.2) is 0 Å². The van der Waals surface area contributed by atoms with Gasteiger partial charge in [0.05, 0.1) is 6.54 Å². The lowest BCUT2D eigenvalue weighted by Crippen LogP contribution is -2.34. The fourth-order valence-corrected chi connectivity index (χ4v) is 3.02. The van der Waals surface area contributed by atoms with Crippen molar-refractivity contribution < 1.29 is 14.3 Å². The van der Waals surface area contributed by atoms with Gasteiger partial charge < -0.3 is 19.9 Å². The lowest BCUT2D eigenvalue weighted by atomic mass is 10.1. The van der Waals surface area contributed by atoms with Crippen molar-refractivity contribution in [3.8, 4) is 0 Å². The Kier molecular flexibility index (Phi) is 5.84. The molecule has 0 saturated carbocycles. The molecule has 29 heavy (non-hydrogen) atoms. The Morgan fingerprint density at radius 1 is 1.14 bits per heavy atom. The quantitative estimate of drug-likeness (QED) is 0.598. The summed E-state index contributed by atoms with van der Waals surface area (Å²) in [6.07, 6.45) is -0.425. The molecule has 3 aromatic rings. The maximum atomic E-state index is 12.7. The summed E-state index contributed by atoms with van der Waals surface area (Å²) in [6.45, 7) is 5.76. The summed E-state index contributed by atoms with van der Waals surface area (Å²) in [6, 6.07) is 14.5. The van der Waals surface area contributed by atoms with Gasteiger partial charge >= 0.3 is 6.09 Å². The minimum absolute atomic E-state index is 0.273. The Morgan fingerprint density at radius 3 is 2.59 bits per heavy atom. The Balaban J connectivity index is 1.76. The van der Waals surface area contributed by atoms with Gasteiger partial charge in [-0.25, -0.2) is 4.79 Å². The molecule has 2 N–H and O–H groups in total. The number of carbonyl (C=O) groups is 2.